The van der Waals surface area contributed by atoms with Crippen molar-refractivity contribution in [2.24, 2.45) is 0 Å². The summed E-state index contributed by atoms with van der Waals surface area (Å²) in [7, 11) is 1.36. The molecule has 3 aliphatic rings. The number of methoxy groups -OCH3 is 1. The molecule has 0 amide bonds. The maximum atomic E-state index is 11.2. The molecule has 6 nitrogen and oxygen atoms in total. The maximum absolute atomic E-state index is 11.2. The Morgan fingerprint density at radius 1 is 1.65 bits per heavy atom. The van der Waals surface area contributed by atoms with E-state index >= 15 is 0 Å². The van der Waals surface area contributed by atoms with Crippen molar-refractivity contribution in [3.63, 3.8) is 0 Å². The number of rotatable bonds is 3. The van der Waals surface area contributed by atoms with Gasteiger partial charge in [0.2, 0.25) is 0 Å². The Morgan fingerprint density at radius 3 is 3.06 bits per heavy atom. The molecule has 17 heavy (non-hydrogen) atoms. The fourth-order valence-corrected chi connectivity index (χ4v) is 2.24. The number of aromatic nitrogens is 1. The van der Waals surface area contributed by atoms with Crippen molar-refractivity contribution >= 4 is 11.8 Å². The van der Waals surface area contributed by atoms with Crippen LogP contribution in [0, 0.1) is 0 Å². The molecular formula is C11H14N4O2. The van der Waals surface area contributed by atoms with Crippen LogP contribution in [0.3, 0.4) is 0 Å². The van der Waals surface area contributed by atoms with Crippen LogP contribution in [-0.4, -0.2) is 41.8 Å². The van der Waals surface area contributed by atoms with Crippen LogP contribution in [0.15, 0.2) is 18.3 Å². The molecule has 0 radical (unpaired) electrons. The molecule has 0 aliphatic carbocycles. The fraction of sp³-hybridized carbons (Fsp3) is 0.455. The highest BCUT2D eigenvalue weighted by Crippen LogP contribution is 2.29. The molecule has 4 heterocycles. The lowest BCUT2D eigenvalue weighted by Crippen LogP contribution is -2.54. The summed E-state index contributed by atoms with van der Waals surface area (Å²) in [6.45, 7) is 1.03. The third-order valence-electron chi connectivity index (χ3n) is 3.24. The molecule has 3 aliphatic heterocycles. The zero-order valence-corrected chi connectivity index (χ0v) is 9.51. The summed E-state index contributed by atoms with van der Waals surface area (Å²) in [5, 5.41) is 5.52. The Bertz CT molecular complexity index is 420. The summed E-state index contributed by atoms with van der Waals surface area (Å²) in [4.78, 5) is 15.4. The number of hydrazine groups is 1. The number of hydrogen-bond acceptors (Lipinski definition) is 6. The predicted octanol–water partition coefficient (Wildman–Crippen LogP) is 0.199. The summed E-state index contributed by atoms with van der Waals surface area (Å²) in [5.41, 5.74) is 3.69. The molecule has 2 N–H and O–H groups in total. The first-order valence-electron chi connectivity index (χ1n) is 5.60. The van der Waals surface area contributed by atoms with E-state index in [0.717, 1.165) is 12.4 Å². The van der Waals surface area contributed by atoms with Gasteiger partial charge < -0.3 is 10.2 Å². The highest BCUT2D eigenvalue weighted by molar-refractivity contribution is 5.89. The van der Waals surface area contributed by atoms with Crippen LogP contribution in [0.4, 0.5) is 5.82 Å². The van der Waals surface area contributed by atoms with E-state index in [2.05, 4.69) is 25.5 Å². The quantitative estimate of drug-likeness (QED) is 0.728. The van der Waals surface area contributed by atoms with Crippen molar-refractivity contribution in [3.8, 4) is 0 Å². The molecule has 2 unspecified atom stereocenters. The van der Waals surface area contributed by atoms with E-state index < -0.39 is 0 Å². The lowest BCUT2D eigenvalue weighted by Gasteiger charge is -2.39. The lowest BCUT2D eigenvalue weighted by molar-refractivity contribution is 0.0600. The van der Waals surface area contributed by atoms with Crippen molar-refractivity contribution in [2.45, 2.75) is 18.6 Å². The number of pyridine rings is 1. The zero-order valence-electron chi connectivity index (χ0n) is 9.51. The van der Waals surface area contributed by atoms with Crippen LogP contribution in [0.5, 0.6) is 0 Å². The second kappa shape index (κ2) is 3.97. The van der Waals surface area contributed by atoms with Crippen molar-refractivity contribution in [1.82, 2.24) is 15.3 Å². The van der Waals surface area contributed by atoms with E-state index in [4.69, 9.17) is 0 Å². The largest absolute Gasteiger partial charge is 0.465 e. The monoisotopic (exact) mass is 234 g/mol. The number of carbonyl (C=O) groups is 1. The number of nitrogens with one attached hydrogen (secondary N) is 2. The van der Waals surface area contributed by atoms with Crippen molar-refractivity contribution in [2.75, 3.05) is 19.1 Å². The standard InChI is InChI=1S/C11H14N4O2/c1-17-11(16)7-2-3-9(12-5-7)14-15-8-4-10(15)13-6-8/h2-3,5,8,10,13H,4,6H2,1H3,(H,12,14). The average molecular weight is 234 g/mol. The molecule has 2 bridgehead atoms. The first-order valence-corrected chi connectivity index (χ1v) is 5.60. The van der Waals surface area contributed by atoms with Gasteiger partial charge in [0.15, 0.2) is 0 Å². The zero-order chi connectivity index (χ0) is 11.8. The molecule has 2 atom stereocenters. The van der Waals surface area contributed by atoms with Gasteiger partial charge >= 0.3 is 5.97 Å². The topological polar surface area (TPSA) is 66.5 Å². The molecule has 0 saturated carbocycles. The highest BCUT2D eigenvalue weighted by atomic mass is 16.5. The first-order chi connectivity index (χ1) is 8.28. The lowest BCUT2D eigenvalue weighted by atomic mass is 10.1. The third kappa shape index (κ3) is 1.75. The van der Waals surface area contributed by atoms with Gasteiger partial charge in [-0.05, 0) is 18.6 Å². The van der Waals surface area contributed by atoms with E-state index in [9.17, 15) is 4.79 Å². The van der Waals surface area contributed by atoms with E-state index in [-0.39, 0.29) is 5.97 Å². The Morgan fingerprint density at radius 2 is 2.53 bits per heavy atom. The number of carbonyl (C=O) groups excluding carboxylic acids is 1. The molecule has 90 valence electrons. The number of nitrogens with zero attached hydrogens (tertiary/aromatic N) is 2. The molecule has 0 spiro atoms. The molecule has 3 fully saturated rings. The van der Waals surface area contributed by atoms with Gasteiger partial charge in [-0.2, -0.15) is 0 Å². The van der Waals surface area contributed by atoms with Crippen LogP contribution in [0.2, 0.25) is 0 Å². The summed E-state index contributed by atoms with van der Waals surface area (Å²) in [6, 6.07) is 4.04. The van der Waals surface area contributed by atoms with Gasteiger partial charge in [-0.15, -0.1) is 0 Å². The SMILES string of the molecule is COC(=O)c1ccc(NN2C3CNC2C3)nc1. The number of esters is 1. The third-order valence-corrected chi connectivity index (χ3v) is 3.24. The van der Waals surface area contributed by atoms with Gasteiger partial charge in [-0.1, -0.05) is 0 Å². The number of anilines is 1. The smallest absolute Gasteiger partial charge is 0.339 e. The molecule has 0 aromatic carbocycles. The summed E-state index contributed by atoms with van der Waals surface area (Å²) in [6.07, 6.45) is 3.12. The summed E-state index contributed by atoms with van der Waals surface area (Å²) >= 11 is 0. The van der Waals surface area contributed by atoms with Crippen LogP contribution in [-0.2, 0) is 4.74 Å². The van der Waals surface area contributed by atoms with Crippen LogP contribution in [0.1, 0.15) is 16.8 Å². The second-order valence-corrected chi connectivity index (χ2v) is 4.26. The minimum atomic E-state index is -0.366. The van der Waals surface area contributed by atoms with Gasteiger partial charge in [0.25, 0.3) is 0 Å². The highest BCUT2D eigenvalue weighted by Gasteiger charge is 2.44. The van der Waals surface area contributed by atoms with Gasteiger partial charge in [0.1, 0.15) is 5.82 Å². The first kappa shape index (κ1) is 10.5. The Kier molecular flexibility index (Phi) is 2.45. The average Bonchev–Trinajstić information content (AvgIpc) is 2.99. The normalized spacial score (nSPS) is 26.4. The van der Waals surface area contributed by atoms with Gasteiger partial charge in [-0.25, -0.2) is 14.8 Å². The van der Waals surface area contributed by atoms with Gasteiger partial charge in [0, 0.05) is 18.8 Å². The Balaban J connectivity index is 1.66. The van der Waals surface area contributed by atoms with Gasteiger partial charge in [0.05, 0.1) is 18.8 Å². The molecule has 6 heteroatoms. The van der Waals surface area contributed by atoms with E-state index in [1.54, 1.807) is 12.1 Å². The van der Waals surface area contributed by atoms with Crippen molar-refractivity contribution in [3.05, 3.63) is 23.9 Å². The molecule has 1 aromatic heterocycles. The van der Waals surface area contributed by atoms with Gasteiger partial charge in [-0.3, -0.25) is 5.32 Å². The van der Waals surface area contributed by atoms with Crippen molar-refractivity contribution < 1.29 is 9.53 Å². The van der Waals surface area contributed by atoms with Crippen LogP contribution < -0.4 is 10.7 Å². The molecule has 1 aromatic rings. The molecule has 3 saturated heterocycles. The molecular weight excluding hydrogens is 220 g/mol. The van der Waals surface area contributed by atoms with Crippen LogP contribution >= 0.6 is 0 Å². The van der Waals surface area contributed by atoms with Crippen LogP contribution in [0.25, 0.3) is 0 Å². The minimum Gasteiger partial charge on any atom is -0.465 e. The van der Waals surface area contributed by atoms with E-state index in [1.807, 2.05) is 0 Å². The Labute approximate surface area is 98.9 Å². The second-order valence-electron chi connectivity index (χ2n) is 4.26. The minimum absolute atomic E-state index is 0.366. The summed E-state index contributed by atoms with van der Waals surface area (Å²) in [5.74, 6) is 0.380. The van der Waals surface area contributed by atoms with Crippen molar-refractivity contribution in [1.29, 1.82) is 0 Å². The Hall–Kier alpha value is -1.66. The fourth-order valence-electron chi connectivity index (χ4n) is 2.24. The van der Waals surface area contributed by atoms with E-state index in [0.29, 0.717) is 17.8 Å². The number of ether oxygens (including phenoxy) is 1. The predicted molar refractivity (Wildman–Crippen MR) is 61.2 cm³/mol. The number of hydrogen-bond donors (Lipinski definition) is 2. The maximum Gasteiger partial charge on any atom is 0.339 e. The van der Waals surface area contributed by atoms with E-state index in [1.165, 1.54) is 19.7 Å². The molecule has 4 rings (SSSR count). The number of fused-ring (bicyclic) bond motifs is 1. The summed E-state index contributed by atoms with van der Waals surface area (Å²) < 4.78 is 4.61.